The minimum atomic E-state index is -0.761. The highest BCUT2D eigenvalue weighted by molar-refractivity contribution is 5.71. The average molecular weight is 835 g/mol. The second kappa shape index (κ2) is 45.9. The summed E-state index contributed by atoms with van der Waals surface area (Å²) in [5, 5.41) is 0. The Morgan fingerprint density at radius 3 is 0.831 bits per heavy atom. The minimum absolute atomic E-state index is 0.0642. The summed E-state index contributed by atoms with van der Waals surface area (Å²) in [6.07, 6.45) is 46.8. The summed E-state index contributed by atoms with van der Waals surface area (Å²) in [6.45, 7) is 11.3. The molecule has 0 aromatic heterocycles. The van der Waals surface area contributed by atoms with Gasteiger partial charge in [0.05, 0.1) is 0 Å². The van der Waals surface area contributed by atoms with Crippen LogP contribution in [-0.4, -0.2) is 37.2 Å². The molecule has 0 amide bonds. The second-order valence-corrected chi connectivity index (χ2v) is 19.1. The van der Waals surface area contributed by atoms with Crippen molar-refractivity contribution >= 4 is 17.9 Å². The first-order chi connectivity index (χ1) is 28.7. The molecule has 0 saturated carbocycles. The molecule has 6 nitrogen and oxygen atoms in total. The van der Waals surface area contributed by atoms with E-state index in [4.69, 9.17) is 14.2 Å². The Morgan fingerprint density at radius 1 is 0.322 bits per heavy atom. The Kier molecular flexibility index (Phi) is 44.7. The minimum Gasteiger partial charge on any atom is -0.462 e. The van der Waals surface area contributed by atoms with Gasteiger partial charge in [-0.25, -0.2) is 0 Å². The third kappa shape index (κ3) is 47.3. The Labute approximate surface area is 368 Å². The maximum Gasteiger partial charge on any atom is 0.306 e. The standard InChI is InChI=1S/C53H102O6/c1-6-7-8-9-10-11-12-17-22-25-28-35-40-45-53(56)59-50(47-58-52(55)44-39-34-30-29-32-37-42-49(4)5)46-57-51(54)43-38-33-27-24-21-19-16-14-13-15-18-20-23-26-31-36-41-48(2)3/h48-50H,6-47H2,1-5H3/t50-/m1/s1. The lowest BCUT2D eigenvalue weighted by atomic mass is 10.0. The summed E-state index contributed by atoms with van der Waals surface area (Å²) < 4.78 is 16.8. The van der Waals surface area contributed by atoms with Gasteiger partial charge in [-0.15, -0.1) is 0 Å². The van der Waals surface area contributed by atoms with Gasteiger partial charge in [0.15, 0.2) is 6.10 Å². The van der Waals surface area contributed by atoms with Gasteiger partial charge in [-0.1, -0.05) is 253 Å². The molecule has 0 heterocycles. The number of ether oxygens (including phenoxy) is 3. The molecule has 6 heteroatoms. The molecule has 0 aliphatic rings. The van der Waals surface area contributed by atoms with Crippen molar-refractivity contribution in [2.45, 2.75) is 298 Å². The number of carbonyl (C=O) groups excluding carboxylic acids is 3. The Balaban J connectivity index is 4.22. The molecule has 0 fully saturated rings. The third-order valence-corrected chi connectivity index (χ3v) is 12.0. The average Bonchev–Trinajstić information content (AvgIpc) is 3.20. The number of hydrogen-bond donors (Lipinski definition) is 0. The van der Waals surface area contributed by atoms with E-state index in [-0.39, 0.29) is 31.1 Å². The van der Waals surface area contributed by atoms with E-state index in [0.29, 0.717) is 19.3 Å². The summed E-state index contributed by atoms with van der Waals surface area (Å²) in [5.74, 6) is 0.764. The normalized spacial score (nSPS) is 12.1. The van der Waals surface area contributed by atoms with Crippen LogP contribution in [0.4, 0.5) is 0 Å². The summed E-state index contributed by atoms with van der Waals surface area (Å²) in [6, 6.07) is 0. The van der Waals surface area contributed by atoms with Crippen LogP contribution in [0.5, 0.6) is 0 Å². The molecular formula is C53H102O6. The first kappa shape index (κ1) is 57.4. The lowest BCUT2D eigenvalue weighted by molar-refractivity contribution is -0.167. The van der Waals surface area contributed by atoms with E-state index in [1.54, 1.807) is 0 Å². The summed E-state index contributed by atoms with van der Waals surface area (Å²) in [7, 11) is 0. The molecule has 0 unspecified atom stereocenters. The van der Waals surface area contributed by atoms with Crippen molar-refractivity contribution in [2.75, 3.05) is 13.2 Å². The fraction of sp³-hybridized carbons (Fsp3) is 0.943. The molecule has 1 atom stereocenters. The van der Waals surface area contributed by atoms with Crippen LogP contribution >= 0.6 is 0 Å². The highest BCUT2D eigenvalue weighted by Crippen LogP contribution is 2.17. The van der Waals surface area contributed by atoms with Gasteiger partial charge >= 0.3 is 17.9 Å². The van der Waals surface area contributed by atoms with E-state index in [2.05, 4.69) is 34.6 Å². The summed E-state index contributed by atoms with van der Waals surface area (Å²) >= 11 is 0. The van der Waals surface area contributed by atoms with E-state index in [0.717, 1.165) is 69.6 Å². The molecule has 0 N–H and O–H groups in total. The van der Waals surface area contributed by atoms with Crippen LogP contribution in [0.2, 0.25) is 0 Å². The SMILES string of the molecule is CCCCCCCCCCCCCCCC(=O)O[C@H](COC(=O)CCCCCCCCCCCCCCCCCCC(C)C)COC(=O)CCCCCCCCC(C)C. The number of esters is 3. The van der Waals surface area contributed by atoms with Crippen molar-refractivity contribution in [2.24, 2.45) is 11.8 Å². The monoisotopic (exact) mass is 835 g/mol. The smallest absolute Gasteiger partial charge is 0.306 e. The van der Waals surface area contributed by atoms with Crippen molar-refractivity contribution < 1.29 is 28.6 Å². The second-order valence-electron chi connectivity index (χ2n) is 19.1. The fourth-order valence-electron chi connectivity index (χ4n) is 7.99. The zero-order valence-corrected chi connectivity index (χ0v) is 40.4. The van der Waals surface area contributed by atoms with Crippen molar-refractivity contribution in [3.05, 3.63) is 0 Å². The van der Waals surface area contributed by atoms with Crippen LogP contribution in [0.3, 0.4) is 0 Å². The molecule has 0 spiro atoms. The zero-order valence-electron chi connectivity index (χ0n) is 40.4. The Hall–Kier alpha value is -1.59. The largest absolute Gasteiger partial charge is 0.462 e. The van der Waals surface area contributed by atoms with Crippen molar-refractivity contribution in [3.63, 3.8) is 0 Å². The molecule has 0 aliphatic carbocycles. The van der Waals surface area contributed by atoms with Gasteiger partial charge in [0.2, 0.25) is 0 Å². The van der Waals surface area contributed by atoms with E-state index in [1.807, 2.05) is 0 Å². The lowest BCUT2D eigenvalue weighted by Crippen LogP contribution is -2.30. The summed E-state index contributed by atoms with van der Waals surface area (Å²) in [4.78, 5) is 37.9. The molecule has 0 rings (SSSR count). The zero-order chi connectivity index (χ0) is 43.3. The van der Waals surface area contributed by atoms with Crippen LogP contribution in [0.25, 0.3) is 0 Å². The number of hydrogen-bond acceptors (Lipinski definition) is 6. The molecule has 0 aromatic carbocycles. The third-order valence-electron chi connectivity index (χ3n) is 12.0. The van der Waals surface area contributed by atoms with Gasteiger partial charge in [0.1, 0.15) is 13.2 Å². The van der Waals surface area contributed by atoms with Crippen molar-refractivity contribution in [1.29, 1.82) is 0 Å². The van der Waals surface area contributed by atoms with Crippen LogP contribution in [0.1, 0.15) is 291 Å². The van der Waals surface area contributed by atoms with E-state index < -0.39 is 6.10 Å². The first-order valence-corrected chi connectivity index (χ1v) is 26.2. The number of carbonyl (C=O) groups is 3. The fourth-order valence-corrected chi connectivity index (χ4v) is 7.99. The van der Waals surface area contributed by atoms with Crippen molar-refractivity contribution in [1.82, 2.24) is 0 Å². The molecule has 0 saturated heterocycles. The lowest BCUT2D eigenvalue weighted by Gasteiger charge is -2.18. The van der Waals surface area contributed by atoms with Crippen LogP contribution < -0.4 is 0 Å². The predicted molar refractivity (Wildman–Crippen MR) is 252 cm³/mol. The summed E-state index contributed by atoms with van der Waals surface area (Å²) in [5.41, 5.74) is 0. The first-order valence-electron chi connectivity index (χ1n) is 26.2. The number of unbranched alkanes of at least 4 members (excludes halogenated alkanes) is 32. The molecule has 59 heavy (non-hydrogen) atoms. The van der Waals surface area contributed by atoms with Gasteiger partial charge in [0.25, 0.3) is 0 Å². The van der Waals surface area contributed by atoms with E-state index in [1.165, 1.54) is 180 Å². The van der Waals surface area contributed by atoms with E-state index in [9.17, 15) is 14.4 Å². The van der Waals surface area contributed by atoms with Gasteiger partial charge in [-0.2, -0.15) is 0 Å². The van der Waals surface area contributed by atoms with E-state index >= 15 is 0 Å². The van der Waals surface area contributed by atoms with Crippen LogP contribution in [0.15, 0.2) is 0 Å². The van der Waals surface area contributed by atoms with Gasteiger partial charge in [-0.05, 0) is 31.1 Å². The quantitative estimate of drug-likeness (QED) is 0.0345. The molecular weight excluding hydrogens is 733 g/mol. The molecule has 0 aliphatic heterocycles. The molecule has 350 valence electrons. The highest BCUT2D eigenvalue weighted by Gasteiger charge is 2.19. The Morgan fingerprint density at radius 2 is 0.559 bits per heavy atom. The molecule has 0 radical (unpaired) electrons. The maximum absolute atomic E-state index is 12.8. The molecule has 0 aromatic rings. The van der Waals surface area contributed by atoms with Crippen LogP contribution in [-0.2, 0) is 28.6 Å². The van der Waals surface area contributed by atoms with Gasteiger partial charge in [0, 0.05) is 19.3 Å². The number of rotatable bonds is 47. The van der Waals surface area contributed by atoms with Crippen molar-refractivity contribution in [3.8, 4) is 0 Å². The Bertz CT molecular complexity index is 900. The maximum atomic E-state index is 12.8. The topological polar surface area (TPSA) is 78.9 Å². The van der Waals surface area contributed by atoms with Gasteiger partial charge in [-0.3, -0.25) is 14.4 Å². The van der Waals surface area contributed by atoms with Gasteiger partial charge < -0.3 is 14.2 Å². The molecule has 0 bridgehead atoms. The van der Waals surface area contributed by atoms with Crippen LogP contribution in [0, 0.1) is 11.8 Å². The highest BCUT2D eigenvalue weighted by atomic mass is 16.6. The predicted octanol–water partition coefficient (Wildman–Crippen LogP) is 16.9.